The molecule has 0 saturated heterocycles. The van der Waals surface area contributed by atoms with Gasteiger partial charge in [0.1, 0.15) is 0 Å². The van der Waals surface area contributed by atoms with Gasteiger partial charge in [-0.3, -0.25) is 4.98 Å². The summed E-state index contributed by atoms with van der Waals surface area (Å²) in [7, 11) is 0. The highest BCUT2D eigenvalue weighted by molar-refractivity contribution is 9.09. The van der Waals surface area contributed by atoms with Crippen molar-refractivity contribution in [2.24, 2.45) is 0 Å². The minimum atomic E-state index is -0.392. The summed E-state index contributed by atoms with van der Waals surface area (Å²) in [6.07, 6.45) is 3.27. The third kappa shape index (κ3) is 2.55. The molecule has 2 rings (SSSR count). The van der Waals surface area contributed by atoms with Crippen LogP contribution in [0.2, 0.25) is 0 Å². The Balaban J connectivity index is 2.22. The topological polar surface area (TPSA) is 46.0 Å². The molecular weight excluding hydrogens is 270 g/mol. The minimum absolute atomic E-state index is 0.392. The van der Waals surface area contributed by atoms with Crippen molar-refractivity contribution in [2.75, 3.05) is 0 Å². The number of nitrogens with one attached hydrogen (secondary N) is 1. The molecule has 4 heteroatoms. The van der Waals surface area contributed by atoms with Gasteiger partial charge in [0.25, 0.3) is 0 Å². The fourth-order valence-corrected chi connectivity index (χ4v) is 2.62. The summed E-state index contributed by atoms with van der Waals surface area (Å²) in [6, 6.07) is 5.84. The number of hydrogen-bond donors (Lipinski definition) is 1. The molecule has 1 aromatic carbocycles. The number of alkyl halides is 1. The van der Waals surface area contributed by atoms with Gasteiger partial charge >= 0.3 is 5.76 Å². The summed E-state index contributed by atoms with van der Waals surface area (Å²) < 4.78 is 5.02. The molecule has 0 bridgehead atoms. The molecule has 0 fully saturated rings. The van der Waals surface area contributed by atoms with Gasteiger partial charge in [-0.15, -0.1) is 0 Å². The number of aromatic amines is 1. The van der Waals surface area contributed by atoms with E-state index in [2.05, 4.69) is 27.8 Å². The lowest BCUT2D eigenvalue weighted by Crippen LogP contribution is -2.01. The summed E-state index contributed by atoms with van der Waals surface area (Å²) in [6.45, 7) is 2.17. The highest BCUT2D eigenvalue weighted by Gasteiger charge is 2.07. The molecule has 1 atom stereocenters. The fourth-order valence-electron chi connectivity index (χ4n) is 1.79. The first-order valence-electron chi connectivity index (χ1n) is 5.45. The first-order valence-corrected chi connectivity index (χ1v) is 6.36. The lowest BCUT2D eigenvalue weighted by atomic mass is 10.1. The first kappa shape index (κ1) is 11.5. The van der Waals surface area contributed by atoms with Gasteiger partial charge < -0.3 is 4.42 Å². The Morgan fingerprint density at radius 1 is 1.50 bits per heavy atom. The molecule has 0 saturated carbocycles. The largest absolute Gasteiger partial charge is 0.417 e. The predicted molar refractivity (Wildman–Crippen MR) is 68.2 cm³/mol. The number of benzene rings is 1. The zero-order valence-corrected chi connectivity index (χ0v) is 10.7. The Hall–Kier alpha value is -1.03. The Morgan fingerprint density at radius 3 is 3.06 bits per heavy atom. The molecule has 0 aliphatic heterocycles. The van der Waals surface area contributed by atoms with Gasteiger partial charge in [0.2, 0.25) is 0 Å². The first-order chi connectivity index (χ1) is 7.69. The highest BCUT2D eigenvalue weighted by atomic mass is 79.9. The number of oxazole rings is 1. The van der Waals surface area contributed by atoms with Crippen LogP contribution in [0.15, 0.2) is 27.4 Å². The smallest absolute Gasteiger partial charge is 0.408 e. The molecule has 16 heavy (non-hydrogen) atoms. The van der Waals surface area contributed by atoms with Crippen LogP contribution in [0.25, 0.3) is 11.1 Å². The Morgan fingerprint density at radius 2 is 2.31 bits per heavy atom. The number of rotatable bonds is 4. The van der Waals surface area contributed by atoms with Crippen LogP contribution in [0.5, 0.6) is 0 Å². The third-order valence-electron chi connectivity index (χ3n) is 2.54. The molecule has 1 heterocycles. The quantitative estimate of drug-likeness (QED) is 0.876. The van der Waals surface area contributed by atoms with Gasteiger partial charge in [0, 0.05) is 4.83 Å². The number of H-pyrrole nitrogens is 1. The lowest BCUT2D eigenvalue weighted by Gasteiger charge is -2.07. The maximum absolute atomic E-state index is 11.0. The highest BCUT2D eigenvalue weighted by Crippen LogP contribution is 2.18. The second kappa shape index (κ2) is 4.87. The van der Waals surface area contributed by atoms with Gasteiger partial charge in [-0.2, -0.15) is 0 Å². The number of fused-ring (bicyclic) bond motifs is 1. The summed E-state index contributed by atoms with van der Waals surface area (Å²) in [5.41, 5.74) is 2.58. The van der Waals surface area contributed by atoms with Crippen LogP contribution < -0.4 is 5.76 Å². The van der Waals surface area contributed by atoms with Gasteiger partial charge in [-0.1, -0.05) is 35.3 Å². The van der Waals surface area contributed by atoms with Crippen LogP contribution in [-0.2, 0) is 6.42 Å². The summed E-state index contributed by atoms with van der Waals surface area (Å²) in [5.74, 6) is -0.392. The number of hydrogen-bond acceptors (Lipinski definition) is 2. The predicted octanol–water partition coefficient (Wildman–Crippen LogP) is 3.23. The molecule has 0 aliphatic carbocycles. The molecule has 86 valence electrons. The summed E-state index contributed by atoms with van der Waals surface area (Å²) >= 11 is 3.64. The molecule has 1 aromatic heterocycles. The van der Waals surface area contributed by atoms with E-state index < -0.39 is 5.76 Å². The van der Waals surface area contributed by atoms with Crippen molar-refractivity contribution >= 4 is 27.0 Å². The average molecular weight is 284 g/mol. The van der Waals surface area contributed by atoms with Crippen molar-refractivity contribution in [1.82, 2.24) is 4.98 Å². The van der Waals surface area contributed by atoms with E-state index in [-0.39, 0.29) is 0 Å². The number of halogens is 1. The number of aromatic nitrogens is 1. The zero-order valence-electron chi connectivity index (χ0n) is 9.13. The normalized spacial score (nSPS) is 13.1. The van der Waals surface area contributed by atoms with Crippen LogP contribution >= 0.6 is 15.9 Å². The van der Waals surface area contributed by atoms with Gasteiger partial charge in [0.15, 0.2) is 5.58 Å². The van der Waals surface area contributed by atoms with E-state index in [0.717, 1.165) is 24.8 Å². The Labute approximate surface area is 102 Å². The monoisotopic (exact) mass is 283 g/mol. The Kier molecular flexibility index (Phi) is 3.49. The second-order valence-electron chi connectivity index (χ2n) is 3.94. The molecule has 1 unspecified atom stereocenters. The average Bonchev–Trinajstić information content (AvgIpc) is 2.57. The SMILES string of the molecule is CCCC(Br)Cc1ccc2[nH]c(=O)oc2c1. The van der Waals surface area contributed by atoms with Gasteiger partial charge in [-0.25, -0.2) is 4.79 Å². The van der Waals surface area contributed by atoms with Crippen molar-refractivity contribution in [2.45, 2.75) is 31.0 Å². The minimum Gasteiger partial charge on any atom is -0.408 e. The fraction of sp³-hybridized carbons (Fsp3) is 0.417. The van der Waals surface area contributed by atoms with Crippen LogP contribution in [0.1, 0.15) is 25.3 Å². The van der Waals surface area contributed by atoms with Crippen LogP contribution in [0.4, 0.5) is 0 Å². The van der Waals surface area contributed by atoms with Crippen molar-refractivity contribution in [1.29, 1.82) is 0 Å². The van der Waals surface area contributed by atoms with E-state index in [1.54, 1.807) is 0 Å². The summed E-state index contributed by atoms with van der Waals surface area (Å²) in [4.78, 5) is 14.1. The van der Waals surface area contributed by atoms with Crippen molar-refractivity contribution in [3.8, 4) is 0 Å². The van der Waals surface area contributed by atoms with E-state index in [1.807, 2.05) is 18.2 Å². The van der Waals surface area contributed by atoms with E-state index in [0.29, 0.717) is 10.4 Å². The van der Waals surface area contributed by atoms with E-state index in [1.165, 1.54) is 5.56 Å². The Bertz CT molecular complexity index is 529. The van der Waals surface area contributed by atoms with Crippen LogP contribution in [0, 0.1) is 0 Å². The standard InChI is InChI=1S/C12H14BrNO2/c1-2-3-9(13)6-8-4-5-10-11(7-8)16-12(15)14-10/h4-5,7,9H,2-3,6H2,1H3,(H,14,15). The zero-order chi connectivity index (χ0) is 11.5. The maximum Gasteiger partial charge on any atom is 0.417 e. The van der Waals surface area contributed by atoms with E-state index in [9.17, 15) is 4.79 Å². The van der Waals surface area contributed by atoms with Crippen molar-refractivity contribution in [3.05, 3.63) is 34.3 Å². The molecular formula is C12H14BrNO2. The van der Waals surface area contributed by atoms with Crippen LogP contribution in [0.3, 0.4) is 0 Å². The molecule has 3 nitrogen and oxygen atoms in total. The van der Waals surface area contributed by atoms with Crippen molar-refractivity contribution < 1.29 is 4.42 Å². The molecule has 0 aliphatic rings. The van der Waals surface area contributed by atoms with E-state index >= 15 is 0 Å². The molecule has 0 amide bonds. The molecule has 0 radical (unpaired) electrons. The van der Waals surface area contributed by atoms with Crippen molar-refractivity contribution in [3.63, 3.8) is 0 Å². The van der Waals surface area contributed by atoms with Gasteiger partial charge in [0.05, 0.1) is 5.52 Å². The maximum atomic E-state index is 11.0. The van der Waals surface area contributed by atoms with Crippen LogP contribution in [-0.4, -0.2) is 9.81 Å². The molecule has 0 spiro atoms. The van der Waals surface area contributed by atoms with Gasteiger partial charge in [-0.05, 0) is 30.5 Å². The second-order valence-corrected chi connectivity index (χ2v) is 5.23. The summed E-state index contributed by atoms with van der Waals surface area (Å²) in [5, 5.41) is 0. The lowest BCUT2D eigenvalue weighted by molar-refractivity contribution is 0.555. The molecule has 1 N–H and O–H groups in total. The molecule has 2 aromatic rings. The third-order valence-corrected chi connectivity index (χ3v) is 3.33. The van der Waals surface area contributed by atoms with E-state index in [4.69, 9.17) is 4.42 Å².